The maximum atomic E-state index is 12.9. The number of hydrogen-bond donors (Lipinski definition) is 1. The summed E-state index contributed by atoms with van der Waals surface area (Å²) >= 11 is 5.95. The van der Waals surface area contributed by atoms with Gasteiger partial charge >= 0.3 is 0 Å². The molecular formula is C22H25ClN4O2. The summed E-state index contributed by atoms with van der Waals surface area (Å²) in [7, 11) is 0. The van der Waals surface area contributed by atoms with Gasteiger partial charge in [0.05, 0.1) is 24.4 Å². The summed E-state index contributed by atoms with van der Waals surface area (Å²) in [4.78, 5) is 17.1. The standard InChI is InChI=1S/C22H25ClN4O2/c1-4-12-29-22-18(6-5-11-24-22)13-25-21(28)20-15(2)26-27(16(20)3)14-17-7-9-19(23)10-8-17/h5-11H,4,12-14H2,1-3H3,(H,25,28). The number of rotatable bonds is 8. The highest BCUT2D eigenvalue weighted by Crippen LogP contribution is 2.18. The first-order chi connectivity index (χ1) is 14.0. The zero-order valence-electron chi connectivity index (χ0n) is 16.9. The van der Waals surface area contributed by atoms with Crippen LogP contribution in [0.25, 0.3) is 0 Å². The number of halogens is 1. The van der Waals surface area contributed by atoms with Gasteiger partial charge in [-0.15, -0.1) is 0 Å². The smallest absolute Gasteiger partial charge is 0.255 e. The minimum Gasteiger partial charge on any atom is -0.477 e. The van der Waals surface area contributed by atoms with E-state index >= 15 is 0 Å². The number of benzene rings is 1. The first-order valence-electron chi connectivity index (χ1n) is 9.63. The van der Waals surface area contributed by atoms with Crippen LogP contribution in [0, 0.1) is 13.8 Å². The zero-order valence-corrected chi connectivity index (χ0v) is 17.7. The van der Waals surface area contributed by atoms with Crippen molar-refractivity contribution in [3.05, 3.63) is 75.7 Å². The molecule has 0 bridgehead atoms. The van der Waals surface area contributed by atoms with Gasteiger partial charge in [-0.2, -0.15) is 5.10 Å². The van der Waals surface area contributed by atoms with Gasteiger partial charge in [0.2, 0.25) is 5.88 Å². The predicted molar refractivity (Wildman–Crippen MR) is 113 cm³/mol. The van der Waals surface area contributed by atoms with Crippen molar-refractivity contribution in [3.63, 3.8) is 0 Å². The molecule has 7 heteroatoms. The lowest BCUT2D eigenvalue weighted by molar-refractivity contribution is 0.0949. The third-order valence-electron chi connectivity index (χ3n) is 4.59. The van der Waals surface area contributed by atoms with Crippen LogP contribution < -0.4 is 10.1 Å². The third kappa shape index (κ3) is 5.15. The minimum atomic E-state index is -0.160. The molecule has 0 aliphatic heterocycles. The Labute approximate surface area is 175 Å². The average Bonchev–Trinajstić information content (AvgIpc) is 3.00. The molecule has 1 aromatic carbocycles. The van der Waals surface area contributed by atoms with Crippen LogP contribution in [0.3, 0.4) is 0 Å². The Bertz CT molecular complexity index is 983. The number of pyridine rings is 1. The van der Waals surface area contributed by atoms with Gasteiger partial charge in [0.25, 0.3) is 5.91 Å². The Morgan fingerprint density at radius 1 is 1.21 bits per heavy atom. The normalized spacial score (nSPS) is 10.8. The Hall–Kier alpha value is -2.86. The van der Waals surface area contributed by atoms with E-state index in [-0.39, 0.29) is 5.91 Å². The molecule has 1 amide bonds. The van der Waals surface area contributed by atoms with Gasteiger partial charge in [0.1, 0.15) is 0 Å². The predicted octanol–water partition coefficient (Wildman–Crippen LogP) is 4.32. The number of carbonyl (C=O) groups is 1. The number of ether oxygens (including phenoxy) is 1. The highest BCUT2D eigenvalue weighted by Gasteiger charge is 2.19. The number of aromatic nitrogens is 3. The van der Waals surface area contributed by atoms with Crippen LogP contribution in [0.1, 0.15) is 46.2 Å². The summed E-state index contributed by atoms with van der Waals surface area (Å²) in [5.74, 6) is 0.397. The van der Waals surface area contributed by atoms with Crippen LogP contribution in [-0.4, -0.2) is 27.3 Å². The van der Waals surface area contributed by atoms with Crippen molar-refractivity contribution in [2.24, 2.45) is 0 Å². The summed E-state index contributed by atoms with van der Waals surface area (Å²) in [5, 5.41) is 8.21. The molecule has 2 aromatic heterocycles. The average molecular weight is 413 g/mol. The summed E-state index contributed by atoms with van der Waals surface area (Å²) in [6.07, 6.45) is 2.58. The molecule has 0 aliphatic carbocycles. The first kappa shape index (κ1) is 20.9. The van der Waals surface area contributed by atoms with E-state index in [4.69, 9.17) is 16.3 Å². The third-order valence-corrected chi connectivity index (χ3v) is 4.84. The van der Waals surface area contributed by atoms with E-state index in [1.54, 1.807) is 6.20 Å². The molecule has 0 aliphatic rings. The molecule has 0 unspecified atom stereocenters. The SMILES string of the molecule is CCCOc1ncccc1CNC(=O)c1c(C)nn(Cc2ccc(Cl)cc2)c1C. The van der Waals surface area contributed by atoms with E-state index in [2.05, 4.69) is 15.4 Å². The lowest BCUT2D eigenvalue weighted by Crippen LogP contribution is -2.24. The molecule has 0 radical (unpaired) electrons. The van der Waals surface area contributed by atoms with Crippen molar-refractivity contribution in [2.45, 2.75) is 40.3 Å². The minimum absolute atomic E-state index is 0.160. The molecular weight excluding hydrogens is 388 g/mol. The van der Waals surface area contributed by atoms with E-state index in [1.165, 1.54) is 0 Å². The molecule has 0 spiro atoms. The van der Waals surface area contributed by atoms with Gasteiger partial charge < -0.3 is 10.1 Å². The number of amides is 1. The van der Waals surface area contributed by atoms with E-state index in [1.807, 2.05) is 61.9 Å². The Morgan fingerprint density at radius 2 is 1.97 bits per heavy atom. The Morgan fingerprint density at radius 3 is 2.69 bits per heavy atom. The fourth-order valence-corrected chi connectivity index (χ4v) is 3.22. The van der Waals surface area contributed by atoms with Crippen LogP contribution in [-0.2, 0) is 13.1 Å². The Balaban J connectivity index is 1.72. The maximum absolute atomic E-state index is 12.9. The molecule has 0 saturated heterocycles. The number of nitrogens with one attached hydrogen (secondary N) is 1. The number of nitrogens with zero attached hydrogens (tertiary/aromatic N) is 3. The van der Waals surface area contributed by atoms with E-state index in [0.29, 0.717) is 41.9 Å². The van der Waals surface area contributed by atoms with Crippen molar-refractivity contribution >= 4 is 17.5 Å². The first-order valence-corrected chi connectivity index (χ1v) is 10.0. The Kier molecular flexibility index (Phi) is 6.88. The second-order valence-electron chi connectivity index (χ2n) is 6.83. The molecule has 6 nitrogen and oxygen atoms in total. The van der Waals surface area contributed by atoms with Gasteiger partial charge in [-0.25, -0.2) is 4.98 Å². The van der Waals surface area contributed by atoms with Crippen molar-refractivity contribution < 1.29 is 9.53 Å². The van der Waals surface area contributed by atoms with E-state index in [0.717, 1.165) is 23.2 Å². The van der Waals surface area contributed by atoms with Gasteiger partial charge in [-0.05, 0) is 44.0 Å². The molecule has 1 N–H and O–H groups in total. The highest BCUT2D eigenvalue weighted by molar-refractivity contribution is 6.30. The van der Waals surface area contributed by atoms with Crippen LogP contribution in [0.15, 0.2) is 42.6 Å². The summed E-state index contributed by atoms with van der Waals surface area (Å²) in [6.45, 7) is 7.30. The second-order valence-corrected chi connectivity index (χ2v) is 7.27. The van der Waals surface area contributed by atoms with Crippen LogP contribution in [0.4, 0.5) is 0 Å². The van der Waals surface area contributed by atoms with Gasteiger partial charge in [-0.3, -0.25) is 9.48 Å². The van der Waals surface area contributed by atoms with Gasteiger partial charge in [-0.1, -0.05) is 36.7 Å². The molecule has 0 saturated carbocycles. The fraction of sp³-hybridized carbons (Fsp3) is 0.318. The van der Waals surface area contributed by atoms with Crippen molar-refractivity contribution in [2.75, 3.05) is 6.61 Å². The quantitative estimate of drug-likeness (QED) is 0.598. The molecule has 0 fully saturated rings. The number of aryl methyl sites for hydroxylation is 1. The number of hydrogen-bond acceptors (Lipinski definition) is 4. The largest absolute Gasteiger partial charge is 0.477 e. The van der Waals surface area contributed by atoms with E-state index < -0.39 is 0 Å². The summed E-state index contributed by atoms with van der Waals surface area (Å²) < 4.78 is 7.50. The van der Waals surface area contributed by atoms with Crippen LogP contribution >= 0.6 is 11.6 Å². The molecule has 3 aromatic rings. The van der Waals surface area contributed by atoms with Crippen molar-refractivity contribution in [1.82, 2.24) is 20.1 Å². The van der Waals surface area contributed by atoms with Crippen molar-refractivity contribution in [3.8, 4) is 5.88 Å². The topological polar surface area (TPSA) is 69.0 Å². The molecule has 29 heavy (non-hydrogen) atoms. The molecule has 2 heterocycles. The van der Waals surface area contributed by atoms with Gasteiger partial charge in [0.15, 0.2) is 0 Å². The molecule has 152 valence electrons. The van der Waals surface area contributed by atoms with Crippen molar-refractivity contribution in [1.29, 1.82) is 0 Å². The van der Waals surface area contributed by atoms with Crippen LogP contribution in [0.2, 0.25) is 5.02 Å². The van der Waals surface area contributed by atoms with Crippen LogP contribution in [0.5, 0.6) is 5.88 Å². The highest BCUT2D eigenvalue weighted by atomic mass is 35.5. The fourth-order valence-electron chi connectivity index (χ4n) is 3.09. The lowest BCUT2D eigenvalue weighted by atomic mass is 10.1. The van der Waals surface area contributed by atoms with Gasteiger partial charge in [0, 0.05) is 29.0 Å². The molecule has 0 atom stereocenters. The molecule has 3 rings (SSSR count). The summed E-state index contributed by atoms with van der Waals surface area (Å²) in [5.41, 5.74) is 4.03. The summed E-state index contributed by atoms with van der Waals surface area (Å²) in [6, 6.07) is 11.4. The lowest BCUT2D eigenvalue weighted by Gasteiger charge is -2.11. The zero-order chi connectivity index (χ0) is 20.8. The maximum Gasteiger partial charge on any atom is 0.255 e. The number of carbonyl (C=O) groups excluding carboxylic acids is 1. The second kappa shape index (κ2) is 9.56. The van der Waals surface area contributed by atoms with E-state index in [9.17, 15) is 4.79 Å². The monoisotopic (exact) mass is 412 g/mol.